The molecule has 144 valence electrons. The molecule has 0 bridgehead atoms. The van der Waals surface area contributed by atoms with Gasteiger partial charge in [-0.05, 0) is 31.0 Å². The van der Waals surface area contributed by atoms with Crippen molar-refractivity contribution < 1.29 is 4.79 Å². The number of aromatic nitrogens is 4. The molecule has 1 aromatic carbocycles. The van der Waals surface area contributed by atoms with Crippen molar-refractivity contribution in [2.24, 2.45) is 0 Å². The Hall–Kier alpha value is -2.93. The molecule has 0 saturated heterocycles. The lowest BCUT2D eigenvalue weighted by molar-refractivity contribution is -0.120. The Morgan fingerprint density at radius 2 is 1.96 bits per heavy atom. The Kier molecular flexibility index (Phi) is 6.97. The van der Waals surface area contributed by atoms with Gasteiger partial charge < -0.3 is 5.32 Å². The molecule has 0 aliphatic carbocycles. The maximum atomic E-state index is 12.5. The van der Waals surface area contributed by atoms with Gasteiger partial charge in [0, 0.05) is 31.0 Å². The number of carbonyl (C=O) groups excluding carboxylic acids is 1. The van der Waals surface area contributed by atoms with Crippen LogP contribution in [0.5, 0.6) is 0 Å². The van der Waals surface area contributed by atoms with Crippen LogP contribution in [-0.4, -0.2) is 37.5 Å². The van der Waals surface area contributed by atoms with Gasteiger partial charge in [-0.25, -0.2) is 0 Å². The van der Waals surface area contributed by atoms with E-state index in [0.29, 0.717) is 18.2 Å². The third-order valence-electron chi connectivity index (χ3n) is 4.17. The standard InChI is InChI=1S/C21H23N5OS/c1-3-15-26-19(18-10-12-22-13-11-18)24-25-21(26)28-16(2)20(27)23-14-9-17-7-5-4-6-8-17/h3-8,10-13,16H,1,9,14-15H2,2H3,(H,23,27). The quantitative estimate of drug-likeness (QED) is 0.446. The summed E-state index contributed by atoms with van der Waals surface area (Å²) in [4.78, 5) is 16.5. The Morgan fingerprint density at radius 1 is 1.21 bits per heavy atom. The first kappa shape index (κ1) is 19.8. The van der Waals surface area contributed by atoms with Crippen molar-refractivity contribution in [1.82, 2.24) is 25.1 Å². The van der Waals surface area contributed by atoms with E-state index in [9.17, 15) is 4.79 Å². The second-order valence-electron chi connectivity index (χ2n) is 6.23. The summed E-state index contributed by atoms with van der Waals surface area (Å²) in [6, 6.07) is 13.9. The summed E-state index contributed by atoms with van der Waals surface area (Å²) in [5, 5.41) is 12.0. The number of nitrogens with zero attached hydrogens (tertiary/aromatic N) is 4. The molecule has 0 spiro atoms. The topological polar surface area (TPSA) is 72.7 Å². The van der Waals surface area contributed by atoms with Crippen LogP contribution in [-0.2, 0) is 17.8 Å². The van der Waals surface area contributed by atoms with Gasteiger partial charge in [-0.1, -0.05) is 48.2 Å². The zero-order chi connectivity index (χ0) is 19.8. The molecule has 7 heteroatoms. The summed E-state index contributed by atoms with van der Waals surface area (Å²) in [6.07, 6.45) is 6.04. The summed E-state index contributed by atoms with van der Waals surface area (Å²) in [7, 11) is 0. The molecular weight excluding hydrogens is 370 g/mol. The average Bonchev–Trinajstić information content (AvgIpc) is 3.12. The molecule has 3 aromatic rings. The fourth-order valence-corrected chi connectivity index (χ4v) is 3.60. The normalized spacial score (nSPS) is 11.8. The fourth-order valence-electron chi connectivity index (χ4n) is 2.71. The predicted octanol–water partition coefficient (Wildman–Crippen LogP) is 3.37. The summed E-state index contributed by atoms with van der Waals surface area (Å²) < 4.78 is 1.96. The van der Waals surface area contributed by atoms with Crippen molar-refractivity contribution in [2.75, 3.05) is 6.54 Å². The zero-order valence-electron chi connectivity index (χ0n) is 15.8. The lowest BCUT2D eigenvalue weighted by Gasteiger charge is -2.13. The highest BCUT2D eigenvalue weighted by Gasteiger charge is 2.20. The Morgan fingerprint density at radius 3 is 2.68 bits per heavy atom. The van der Waals surface area contributed by atoms with Gasteiger partial charge in [0.2, 0.25) is 5.91 Å². The van der Waals surface area contributed by atoms with E-state index in [-0.39, 0.29) is 11.2 Å². The lowest BCUT2D eigenvalue weighted by Crippen LogP contribution is -2.32. The van der Waals surface area contributed by atoms with Gasteiger partial charge in [0.25, 0.3) is 0 Å². The molecule has 1 atom stereocenters. The molecule has 2 aromatic heterocycles. The fraction of sp³-hybridized carbons (Fsp3) is 0.238. The predicted molar refractivity (Wildman–Crippen MR) is 112 cm³/mol. The van der Waals surface area contributed by atoms with Crippen LogP contribution >= 0.6 is 11.8 Å². The summed E-state index contributed by atoms with van der Waals surface area (Å²) in [6.45, 7) is 6.87. The number of hydrogen-bond acceptors (Lipinski definition) is 5. The summed E-state index contributed by atoms with van der Waals surface area (Å²) >= 11 is 1.39. The monoisotopic (exact) mass is 393 g/mol. The highest BCUT2D eigenvalue weighted by Crippen LogP contribution is 2.26. The number of hydrogen-bond donors (Lipinski definition) is 1. The first-order chi connectivity index (χ1) is 13.7. The molecule has 0 fully saturated rings. The largest absolute Gasteiger partial charge is 0.355 e. The molecule has 2 heterocycles. The van der Waals surface area contributed by atoms with Crippen LogP contribution in [0, 0.1) is 0 Å². The van der Waals surface area contributed by atoms with Crippen LogP contribution in [0.1, 0.15) is 12.5 Å². The first-order valence-corrected chi connectivity index (χ1v) is 9.99. The maximum absolute atomic E-state index is 12.5. The molecule has 0 radical (unpaired) electrons. The van der Waals surface area contributed by atoms with Crippen molar-refractivity contribution >= 4 is 17.7 Å². The third-order valence-corrected chi connectivity index (χ3v) is 5.25. The summed E-state index contributed by atoms with van der Waals surface area (Å²) in [5.74, 6) is 0.723. The zero-order valence-corrected chi connectivity index (χ0v) is 16.6. The second kappa shape index (κ2) is 9.85. The number of amides is 1. The van der Waals surface area contributed by atoms with Crippen LogP contribution in [0.3, 0.4) is 0 Å². The van der Waals surface area contributed by atoms with E-state index in [4.69, 9.17) is 0 Å². The van der Waals surface area contributed by atoms with E-state index in [0.717, 1.165) is 17.8 Å². The van der Waals surface area contributed by atoms with E-state index < -0.39 is 0 Å². The lowest BCUT2D eigenvalue weighted by atomic mass is 10.1. The molecule has 6 nitrogen and oxygen atoms in total. The molecule has 1 N–H and O–H groups in total. The van der Waals surface area contributed by atoms with Gasteiger partial charge in [-0.2, -0.15) is 0 Å². The van der Waals surface area contributed by atoms with Crippen LogP contribution in [0.15, 0.2) is 72.7 Å². The number of rotatable bonds is 9. The minimum Gasteiger partial charge on any atom is -0.355 e. The van der Waals surface area contributed by atoms with Gasteiger partial charge >= 0.3 is 0 Å². The molecule has 0 aliphatic heterocycles. The molecule has 0 aliphatic rings. The van der Waals surface area contributed by atoms with Crippen LogP contribution < -0.4 is 5.32 Å². The van der Waals surface area contributed by atoms with E-state index in [2.05, 4.69) is 39.2 Å². The van der Waals surface area contributed by atoms with Crippen molar-refractivity contribution in [3.8, 4) is 11.4 Å². The van der Waals surface area contributed by atoms with Crippen molar-refractivity contribution in [3.05, 3.63) is 73.1 Å². The number of carbonyl (C=O) groups is 1. The van der Waals surface area contributed by atoms with Gasteiger partial charge in [-0.15, -0.1) is 16.8 Å². The number of nitrogens with one attached hydrogen (secondary N) is 1. The highest BCUT2D eigenvalue weighted by molar-refractivity contribution is 8.00. The molecule has 28 heavy (non-hydrogen) atoms. The number of benzene rings is 1. The minimum absolute atomic E-state index is 0.0143. The van der Waals surface area contributed by atoms with Gasteiger partial charge in [0.1, 0.15) is 0 Å². The van der Waals surface area contributed by atoms with Gasteiger partial charge in [0.05, 0.1) is 5.25 Å². The maximum Gasteiger partial charge on any atom is 0.233 e. The molecule has 3 rings (SSSR count). The molecule has 0 saturated carbocycles. The molecule has 1 amide bonds. The van der Waals surface area contributed by atoms with E-state index in [1.54, 1.807) is 18.5 Å². The van der Waals surface area contributed by atoms with Crippen LogP contribution in [0.4, 0.5) is 0 Å². The smallest absolute Gasteiger partial charge is 0.233 e. The SMILES string of the molecule is C=CCn1c(SC(C)C(=O)NCCc2ccccc2)nnc1-c1ccncc1. The number of pyridine rings is 1. The van der Waals surface area contributed by atoms with Gasteiger partial charge in [0.15, 0.2) is 11.0 Å². The average molecular weight is 394 g/mol. The number of allylic oxidation sites excluding steroid dienone is 1. The van der Waals surface area contributed by atoms with Crippen molar-refractivity contribution in [3.63, 3.8) is 0 Å². The highest BCUT2D eigenvalue weighted by atomic mass is 32.2. The number of thioether (sulfide) groups is 1. The van der Waals surface area contributed by atoms with E-state index in [1.165, 1.54) is 17.3 Å². The van der Waals surface area contributed by atoms with Crippen LogP contribution in [0.25, 0.3) is 11.4 Å². The second-order valence-corrected chi connectivity index (χ2v) is 7.54. The first-order valence-electron chi connectivity index (χ1n) is 9.12. The summed E-state index contributed by atoms with van der Waals surface area (Å²) in [5.41, 5.74) is 2.13. The Bertz CT molecular complexity index is 911. The molecule has 1 unspecified atom stereocenters. The van der Waals surface area contributed by atoms with Crippen LogP contribution in [0.2, 0.25) is 0 Å². The Balaban J connectivity index is 1.63. The third kappa shape index (κ3) is 5.07. The van der Waals surface area contributed by atoms with Crippen molar-refractivity contribution in [1.29, 1.82) is 0 Å². The molecular formula is C21H23N5OS. The van der Waals surface area contributed by atoms with E-state index >= 15 is 0 Å². The van der Waals surface area contributed by atoms with Crippen molar-refractivity contribution in [2.45, 2.75) is 30.3 Å². The minimum atomic E-state index is -0.283. The van der Waals surface area contributed by atoms with Gasteiger partial charge in [-0.3, -0.25) is 14.3 Å². The Labute approximate surface area is 169 Å². The van der Waals surface area contributed by atoms with E-state index in [1.807, 2.05) is 41.8 Å².